The zero-order valence-electron chi connectivity index (χ0n) is 21.6. The van der Waals surface area contributed by atoms with Crippen LogP contribution in [0.4, 0.5) is 0 Å². The highest BCUT2D eigenvalue weighted by Crippen LogP contribution is 2.70. The molecule has 0 saturated carbocycles. The van der Waals surface area contributed by atoms with E-state index in [0.717, 1.165) is 47.3 Å². The standard InChI is InChI=1S/C30H36NO4PS/c1-22-18-26(21-27(32)19-22)25-9-5-8-24(20-25)7-4-3-6-23-10-12-28(13-11-23)37-36(2,34)30(29(31)33)14-16-35-17-15-30/h5,8-13,18-21,32H,3-4,6-7,14-17H2,1-2H3,(H2,31,33). The van der Waals surface area contributed by atoms with Gasteiger partial charge in [0, 0.05) is 18.1 Å². The van der Waals surface area contributed by atoms with E-state index in [-0.39, 0.29) is 0 Å². The van der Waals surface area contributed by atoms with Gasteiger partial charge < -0.3 is 20.1 Å². The summed E-state index contributed by atoms with van der Waals surface area (Å²) in [6.07, 6.45) is 2.01. The maximum absolute atomic E-state index is 13.7. The third-order valence-corrected chi connectivity index (χ3v) is 13.0. The van der Waals surface area contributed by atoms with E-state index >= 15 is 0 Å². The number of unbranched alkanes of at least 4 members (excludes halogenated alkanes) is 1. The van der Waals surface area contributed by atoms with Crippen molar-refractivity contribution in [1.82, 2.24) is 0 Å². The van der Waals surface area contributed by atoms with Crippen LogP contribution in [0.1, 0.15) is 42.4 Å². The molecular weight excluding hydrogens is 501 g/mol. The van der Waals surface area contributed by atoms with Crippen LogP contribution in [-0.4, -0.2) is 36.0 Å². The number of benzene rings is 3. The number of carbonyl (C=O) groups excluding carboxylic acids is 1. The predicted molar refractivity (Wildman–Crippen MR) is 153 cm³/mol. The Labute approximate surface area is 223 Å². The lowest BCUT2D eigenvalue weighted by Crippen LogP contribution is -2.47. The quantitative estimate of drug-likeness (QED) is 0.215. The molecule has 1 saturated heterocycles. The first-order valence-electron chi connectivity index (χ1n) is 12.8. The van der Waals surface area contributed by atoms with Crippen molar-refractivity contribution in [3.63, 3.8) is 0 Å². The van der Waals surface area contributed by atoms with Gasteiger partial charge >= 0.3 is 0 Å². The molecule has 37 heavy (non-hydrogen) atoms. The highest BCUT2D eigenvalue weighted by molar-refractivity contribution is 8.58. The van der Waals surface area contributed by atoms with E-state index in [1.54, 1.807) is 12.7 Å². The molecule has 1 amide bonds. The third kappa shape index (κ3) is 6.67. The monoisotopic (exact) mass is 537 g/mol. The van der Waals surface area contributed by atoms with Crippen molar-refractivity contribution in [1.29, 1.82) is 0 Å². The second-order valence-corrected chi connectivity index (χ2v) is 15.9. The molecule has 1 unspecified atom stereocenters. The second kappa shape index (κ2) is 11.9. The lowest BCUT2D eigenvalue weighted by molar-refractivity contribution is -0.122. The summed E-state index contributed by atoms with van der Waals surface area (Å²) in [5.74, 6) is -0.184. The number of phenolic OH excluding ortho intramolecular Hbond substituents is 1. The predicted octanol–water partition coefficient (Wildman–Crippen LogP) is 6.97. The number of rotatable bonds is 10. The van der Waals surface area contributed by atoms with E-state index in [1.165, 1.54) is 22.5 Å². The van der Waals surface area contributed by atoms with Crippen molar-refractivity contribution in [3.8, 4) is 16.9 Å². The normalized spacial score (nSPS) is 16.7. The molecule has 3 aromatic rings. The number of phenols is 1. The Kier molecular flexibility index (Phi) is 8.84. The summed E-state index contributed by atoms with van der Waals surface area (Å²) >= 11 is 1.30. The Morgan fingerprint density at radius 3 is 2.30 bits per heavy atom. The molecule has 1 atom stereocenters. The zero-order valence-corrected chi connectivity index (χ0v) is 23.3. The van der Waals surface area contributed by atoms with Crippen molar-refractivity contribution < 1.29 is 19.2 Å². The van der Waals surface area contributed by atoms with Gasteiger partial charge in [0.15, 0.2) is 6.34 Å². The summed E-state index contributed by atoms with van der Waals surface area (Å²) in [4.78, 5) is 13.2. The summed E-state index contributed by atoms with van der Waals surface area (Å²) in [5, 5.41) is 8.94. The van der Waals surface area contributed by atoms with Crippen molar-refractivity contribution in [2.45, 2.75) is 55.5 Å². The Bertz CT molecular complexity index is 1260. The van der Waals surface area contributed by atoms with E-state index in [2.05, 4.69) is 42.5 Å². The fourth-order valence-electron chi connectivity index (χ4n) is 5.06. The molecular formula is C30H36NO4PS. The molecule has 1 aliphatic rings. The lowest BCUT2D eigenvalue weighted by Gasteiger charge is -2.38. The van der Waals surface area contributed by atoms with Crippen LogP contribution in [0.5, 0.6) is 5.75 Å². The molecule has 0 spiro atoms. The highest BCUT2D eigenvalue weighted by atomic mass is 32.7. The molecule has 7 heteroatoms. The molecule has 5 nitrogen and oxygen atoms in total. The number of carbonyl (C=O) groups is 1. The second-order valence-electron chi connectivity index (χ2n) is 10.1. The van der Waals surface area contributed by atoms with Crippen molar-refractivity contribution in [3.05, 3.63) is 83.4 Å². The van der Waals surface area contributed by atoms with Crippen LogP contribution in [-0.2, 0) is 26.9 Å². The van der Waals surface area contributed by atoms with Crippen LogP contribution in [0, 0.1) is 6.92 Å². The molecule has 1 heterocycles. The van der Waals surface area contributed by atoms with E-state index in [4.69, 9.17) is 10.5 Å². The Hall–Kier alpha value is -2.53. The fourth-order valence-corrected chi connectivity index (χ4v) is 10.2. The first-order valence-corrected chi connectivity index (χ1v) is 16.4. The first kappa shape index (κ1) is 27.5. The molecule has 0 radical (unpaired) electrons. The molecule has 4 rings (SSSR count). The zero-order chi connectivity index (χ0) is 26.5. The van der Waals surface area contributed by atoms with Gasteiger partial charge in [-0.15, -0.1) is 0 Å². The van der Waals surface area contributed by atoms with Crippen LogP contribution >= 0.6 is 17.7 Å². The van der Waals surface area contributed by atoms with Crippen LogP contribution in [0.3, 0.4) is 0 Å². The number of aryl methyl sites for hydroxylation is 3. The van der Waals surface area contributed by atoms with E-state index in [1.807, 2.05) is 25.1 Å². The van der Waals surface area contributed by atoms with Gasteiger partial charge in [0.2, 0.25) is 5.91 Å². The average molecular weight is 538 g/mol. The highest BCUT2D eigenvalue weighted by Gasteiger charge is 2.51. The van der Waals surface area contributed by atoms with Gasteiger partial charge in [-0.25, -0.2) is 0 Å². The van der Waals surface area contributed by atoms with Crippen LogP contribution in [0.25, 0.3) is 11.1 Å². The van der Waals surface area contributed by atoms with Crippen molar-refractivity contribution >= 4 is 23.6 Å². The minimum atomic E-state index is -2.94. The molecule has 1 aliphatic heterocycles. The molecule has 0 aromatic heterocycles. The SMILES string of the molecule is Cc1cc(O)cc(-c2cccc(CCCCc3ccc(SP(C)(=O)C4(C(N)=O)CCOCC4)cc3)c2)c1. The van der Waals surface area contributed by atoms with E-state index < -0.39 is 17.4 Å². The molecule has 1 fully saturated rings. The molecule has 196 valence electrons. The van der Waals surface area contributed by atoms with Gasteiger partial charge in [-0.3, -0.25) is 4.79 Å². The van der Waals surface area contributed by atoms with Crippen LogP contribution in [0.2, 0.25) is 0 Å². The number of aromatic hydroxyl groups is 1. The minimum Gasteiger partial charge on any atom is -0.508 e. The van der Waals surface area contributed by atoms with Gasteiger partial charge in [-0.05, 0) is 104 Å². The van der Waals surface area contributed by atoms with Crippen LogP contribution < -0.4 is 5.73 Å². The van der Waals surface area contributed by atoms with Gasteiger partial charge in [0.05, 0.1) is 0 Å². The molecule has 0 bridgehead atoms. The van der Waals surface area contributed by atoms with E-state index in [0.29, 0.717) is 31.8 Å². The summed E-state index contributed by atoms with van der Waals surface area (Å²) in [6.45, 7) is 4.52. The Morgan fingerprint density at radius 2 is 1.65 bits per heavy atom. The molecule has 3 N–H and O–H groups in total. The smallest absolute Gasteiger partial charge is 0.232 e. The summed E-state index contributed by atoms with van der Waals surface area (Å²) in [5.41, 5.74) is 11.5. The number of ether oxygens (including phenoxy) is 1. The number of primary amides is 1. The van der Waals surface area contributed by atoms with Gasteiger partial charge in [0.25, 0.3) is 0 Å². The van der Waals surface area contributed by atoms with Gasteiger partial charge in [-0.1, -0.05) is 53.8 Å². The summed E-state index contributed by atoms with van der Waals surface area (Å²) in [6, 6.07) is 22.4. The number of hydrogen-bond acceptors (Lipinski definition) is 5. The Morgan fingerprint density at radius 1 is 0.973 bits per heavy atom. The molecule has 3 aromatic carbocycles. The third-order valence-electron chi connectivity index (χ3n) is 7.26. The lowest BCUT2D eigenvalue weighted by atomic mass is 9.98. The molecule has 0 aliphatic carbocycles. The maximum Gasteiger partial charge on any atom is 0.232 e. The topological polar surface area (TPSA) is 89.6 Å². The fraction of sp³-hybridized carbons (Fsp3) is 0.367. The minimum absolute atomic E-state index is 0.294. The first-order chi connectivity index (χ1) is 17.7. The summed E-state index contributed by atoms with van der Waals surface area (Å²) in [7, 11) is 0. The summed E-state index contributed by atoms with van der Waals surface area (Å²) < 4.78 is 19.1. The maximum atomic E-state index is 13.7. The van der Waals surface area contributed by atoms with Gasteiger partial charge in [-0.2, -0.15) is 0 Å². The van der Waals surface area contributed by atoms with Crippen molar-refractivity contribution in [2.75, 3.05) is 19.9 Å². The average Bonchev–Trinajstić information content (AvgIpc) is 2.87. The van der Waals surface area contributed by atoms with Gasteiger partial charge in [0.1, 0.15) is 10.9 Å². The van der Waals surface area contributed by atoms with E-state index in [9.17, 15) is 14.5 Å². The Balaban J connectivity index is 1.30. The number of amides is 1. The largest absolute Gasteiger partial charge is 0.508 e. The number of nitrogens with two attached hydrogens (primary N) is 1. The van der Waals surface area contributed by atoms with Crippen LogP contribution in [0.15, 0.2) is 71.6 Å². The van der Waals surface area contributed by atoms with Crippen molar-refractivity contribution in [2.24, 2.45) is 5.73 Å². The number of hydrogen-bond donors (Lipinski definition) is 2.